The fourth-order valence-corrected chi connectivity index (χ4v) is 4.00. The van der Waals surface area contributed by atoms with E-state index in [4.69, 9.17) is 12.8 Å². The van der Waals surface area contributed by atoms with Crippen LogP contribution in [0.4, 0.5) is 30.7 Å². The van der Waals surface area contributed by atoms with E-state index in [9.17, 15) is 30.7 Å². The zero-order valence-electron chi connectivity index (χ0n) is 13.7. The molecule has 2 rings (SSSR count). The summed E-state index contributed by atoms with van der Waals surface area (Å²) in [5, 5.41) is 8.59. The number of nitrogens with zero attached hydrogens (tertiary/aromatic N) is 1. The molecule has 0 saturated carbocycles. The molecule has 1 aliphatic heterocycles. The lowest BCUT2D eigenvalue weighted by atomic mass is 9.76. The topological polar surface area (TPSA) is 42.2 Å². The molecule has 0 bridgehead atoms. The Kier molecular flexibility index (Phi) is 5.65. The van der Waals surface area contributed by atoms with E-state index in [1.807, 2.05) is 0 Å². The van der Waals surface area contributed by atoms with Crippen molar-refractivity contribution in [2.45, 2.75) is 39.2 Å². The molecule has 3 unspecified atom stereocenters. The first-order chi connectivity index (χ1) is 11.8. The first-order valence-corrected chi connectivity index (χ1v) is 8.21. The zero-order chi connectivity index (χ0) is 20.0. The van der Waals surface area contributed by atoms with Crippen molar-refractivity contribution in [1.29, 1.82) is 5.26 Å². The van der Waals surface area contributed by atoms with E-state index in [0.29, 0.717) is 0 Å². The van der Waals surface area contributed by atoms with Crippen LogP contribution in [-0.2, 0) is 7.58 Å². The first-order valence-electron chi connectivity index (χ1n) is 7.27. The Balaban J connectivity index is 2.72. The van der Waals surface area contributed by atoms with Crippen molar-refractivity contribution in [3.63, 3.8) is 0 Å². The summed E-state index contributed by atoms with van der Waals surface area (Å²) in [6, 6.07) is 0.937. The third-order valence-corrected chi connectivity index (χ3v) is 4.79. The number of hydrogen-bond donors (Lipinski definition) is 0. The second-order valence-corrected chi connectivity index (χ2v) is 7.54. The molecule has 0 amide bonds. The van der Waals surface area contributed by atoms with Gasteiger partial charge in [0.2, 0.25) is 0 Å². The normalized spacial score (nSPS) is 24.1. The average molecular weight is 398 g/mol. The molecule has 3 nitrogen and oxygen atoms in total. The summed E-state index contributed by atoms with van der Waals surface area (Å²) in [4.78, 5) is 0. The zero-order valence-corrected chi connectivity index (χ0v) is 14.9. The maximum absolute atomic E-state index is 14.2. The Hall–Kier alpha value is -1.33. The Labute approximate surface area is 151 Å². The molecule has 1 aliphatic rings. The van der Waals surface area contributed by atoms with Gasteiger partial charge in [-0.15, -0.1) is 0 Å². The minimum Gasteiger partial charge on any atom is -0.480 e. The molecule has 1 saturated heterocycles. The van der Waals surface area contributed by atoms with Crippen LogP contribution in [0.3, 0.4) is 0 Å². The molecule has 3 atom stereocenters. The molecular formula is C15H12AlF7NO2. The molecule has 0 aliphatic carbocycles. The predicted octanol–water partition coefficient (Wildman–Crippen LogP) is 4.33. The summed E-state index contributed by atoms with van der Waals surface area (Å²) in [5.74, 6) is -10.9. The minimum atomic E-state index is -5.04. The highest BCUT2D eigenvalue weighted by Gasteiger charge is 2.57. The van der Waals surface area contributed by atoms with Gasteiger partial charge in [-0.25, -0.2) is 17.6 Å². The number of halogens is 7. The van der Waals surface area contributed by atoms with Crippen LogP contribution in [0.5, 0.6) is 0 Å². The second-order valence-electron chi connectivity index (χ2n) is 6.80. The lowest BCUT2D eigenvalue weighted by Gasteiger charge is -2.45. The molecule has 11 heteroatoms. The molecule has 26 heavy (non-hydrogen) atoms. The van der Waals surface area contributed by atoms with Gasteiger partial charge >= 0.3 is 22.1 Å². The summed E-state index contributed by atoms with van der Waals surface area (Å²) in [7, 11) is 0. The van der Waals surface area contributed by atoms with Crippen molar-refractivity contribution >= 4 is 15.9 Å². The molecule has 1 aromatic carbocycles. The van der Waals surface area contributed by atoms with Crippen molar-refractivity contribution < 1.29 is 38.3 Å². The molecule has 0 N–H and O–H groups in total. The van der Waals surface area contributed by atoms with Crippen molar-refractivity contribution in [1.82, 2.24) is 0 Å². The van der Waals surface area contributed by atoms with Crippen LogP contribution in [-0.4, -0.2) is 28.2 Å². The van der Waals surface area contributed by atoms with Gasteiger partial charge in [0.1, 0.15) is 17.6 Å². The van der Waals surface area contributed by atoms with E-state index in [-0.39, 0.29) is 0 Å². The summed E-state index contributed by atoms with van der Waals surface area (Å²) < 4.78 is 107. The van der Waals surface area contributed by atoms with E-state index in [2.05, 4.69) is 0 Å². The first kappa shape index (κ1) is 21.0. The highest BCUT2D eigenvalue weighted by Crippen LogP contribution is 2.49. The van der Waals surface area contributed by atoms with Crippen molar-refractivity contribution in [3.8, 4) is 6.07 Å². The van der Waals surface area contributed by atoms with Gasteiger partial charge in [-0.2, -0.15) is 18.4 Å². The van der Waals surface area contributed by atoms with Crippen LogP contribution >= 0.6 is 0 Å². The molecule has 1 radical (unpaired) electrons. The van der Waals surface area contributed by atoms with Gasteiger partial charge in [0, 0.05) is 6.10 Å². The van der Waals surface area contributed by atoms with Crippen molar-refractivity contribution in [3.05, 3.63) is 34.4 Å². The monoisotopic (exact) mass is 398 g/mol. The van der Waals surface area contributed by atoms with E-state index in [1.165, 1.54) is 20.8 Å². The van der Waals surface area contributed by atoms with Gasteiger partial charge in [-0.1, -0.05) is 20.8 Å². The molecule has 1 aromatic rings. The highest BCUT2D eigenvalue weighted by molar-refractivity contribution is 6.18. The Morgan fingerprint density at radius 3 is 1.81 bits per heavy atom. The van der Waals surface area contributed by atoms with Gasteiger partial charge < -0.3 is 7.58 Å². The van der Waals surface area contributed by atoms with E-state index >= 15 is 0 Å². The molecular weight excluding hydrogens is 386 g/mol. The van der Waals surface area contributed by atoms with Crippen LogP contribution in [0.25, 0.3) is 0 Å². The van der Waals surface area contributed by atoms with Crippen LogP contribution in [0, 0.1) is 45.9 Å². The lowest BCUT2D eigenvalue weighted by molar-refractivity contribution is -0.249. The van der Waals surface area contributed by atoms with Crippen LogP contribution < -0.4 is 0 Å². The Bertz CT molecular complexity index is 725. The summed E-state index contributed by atoms with van der Waals surface area (Å²) in [5.41, 5.74) is -4.20. The number of hydrogen-bond acceptors (Lipinski definition) is 3. The van der Waals surface area contributed by atoms with Gasteiger partial charge in [-0.3, -0.25) is 0 Å². The maximum atomic E-state index is 14.2. The van der Waals surface area contributed by atoms with Crippen LogP contribution in [0.2, 0.25) is 0 Å². The highest BCUT2D eigenvalue weighted by atomic mass is 27.2. The fraction of sp³-hybridized carbons (Fsp3) is 0.533. The van der Waals surface area contributed by atoms with Crippen LogP contribution in [0.15, 0.2) is 0 Å². The standard InChI is InChI=1S/C15H12F7NO2.Al/c1-14(2,3)13(25)7(15(20,21)22)12(24)6-10(18)8(16)5(4-23)9(17)11(6)19;/h7,12-13H,1-3H3;/q-2;+2. The Morgan fingerprint density at radius 2 is 1.42 bits per heavy atom. The molecule has 0 spiro atoms. The fourth-order valence-electron chi connectivity index (χ4n) is 2.81. The van der Waals surface area contributed by atoms with E-state index in [1.54, 1.807) is 0 Å². The molecule has 1 fully saturated rings. The Morgan fingerprint density at radius 1 is 0.923 bits per heavy atom. The molecule has 1 heterocycles. The summed E-state index contributed by atoms with van der Waals surface area (Å²) >= 11 is -1.57. The molecule has 0 aromatic heterocycles. The number of rotatable bonds is 1. The van der Waals surface area contributed by atoms with Crippen molar-refractivity contribution in [2.24, 2.45) is 11.3 Å². The summed E-state index contributed by atoms with van der Waals surface area (Å²) in [6.45, 7) is 4.26. The summed E-state index contributed by atoms with van der Waals surface area (Å²) in [6.07, 6.45) is -8.95. The smallest absolute Gasteiger partial charge is 0.480 e. The quantitative estimate of drug-likeness (QED) is 0.402. The average Bonchev–Trinajstić information content (AvgIpc) is 2.52. The number of alkyl halides is 3. The van der Waals surface area contributed by atoms with Crippen molar-refractivity contribution in [2.75, 3.05) is 0 Å². The minimum absolute atomic E-state index is 0.937. The lowest BCUT2D eigenvalue weighted by Crippen LogP contribution is -2.52. The van der Waals surface area contributed by atoms with Gasteiger partial charge in [0.25, 0.3) is 0 Å². The van der Waals surface area contributed by atoms with E-state index < -0.39 is 80.0 Å². The van der Waals surface area contributed by atoms with Gasteiger partial charge in [-0.05, 0) is 5.41 Å². The van der Waals surface area contributed by atoms with Gasteiger partial charge in [0.05, 0.1) is 11.7 Å². The van der Waals surface area contributed by atoms with Gasteiger partial charge in [0.15, 0.2) is 23.3 Å². The molecule has 141 valence electrons. The maximum Gasteiger partial charge on any atom is 0.669 e. The van der Waals surface area contributed by atoms with E-state index in [0.717, 1.165) is 6.07 Å². The third kappa shape index (κ3) is 3.56. The number of nitriles is 1. The largest absolute Gasteiger partial charge is 0.669 e. The SMILES string of the molecule is CC(C)(C)C1[O][Al][O]C(c2c(F)c(F)c(C#N)c(F)c2F)C1C(F)(F)F. The number of benzene rings is 1. The third-order valence-electron chi connectivity index (χ3n) is 3.98. The predicted molar refractivity (Wildman–Crippen MR) is 74.4 cm³/mol. The second kappa shape index (κ2) is 7.01. The van der Waals surface area contributed by atoms with Crippen LogP contribution in [0.1, 0.15) is 38.0 Å².